The normalized spacial score (nSPS) is 9.69. The first-order chi connectivity index (χ1) is 7.57. The Kier molecular flexibility index (Phi) is 4.43. The van der Waals surface area contributed by atoms with E-state index in [1.807, 2.05) is 19.1 Å². The lowest BCUT2D eigenvalue weighted by molar-refractivity contribution is 0.0827. The van der Waals surface area contributed by atoms with Gasteiger partial charge in [-0.15, -0.1) is 0 Å². The average molecular weight is 237 g/mol. The van der Waals surface area contributed by atoms with Crippen LogP contribution < -0.4 is 0 Å². The van der Waals surface area contributed by atoms with E-state index in [-0.39, 0.29) is 5.91 Å². The summed E-state index contributed by atoms with van der Waals surface area (Å²) in [6, 6.07) is 7.21. The number of hydrogen-bond acceptors (Lipinski definition) is 3. The van der Waals surface area contributed by atoms with Gasteiger partial charge in [0, 0.05) is 19.7 Å². The molecule has 4 heteroatoms. The third-order valence-corrected chi connectivity index (χ3v) is 2.40. The molecule has 1 rings (SSSR count). The molecule has 0 bridgehead atoms. The second-order valence-corrected chi connectivity index (χ2v) is 3.84. The lowest BCUT2D eigenvalue weighted by atomic mass is 10.1. The molecule has 0 spiro atoms. The first kappa shape index (κ1) is 12.6. The largest absolute Gasteiger partial charge is 0.483 e. The van der Waals surface area contributed by atoms with E-state index in [1.165, 1.54) is 4.90 Å². The highest BCUT2D eigenvalue weighted by atomic mass is 32.1. The zero-order valence-electron chi connectivity index (χ0n) is 9.69. The Balaban J connectivity index is 3.10. The van der Waals surface area contributed by atoms with Crippen LogP contribution in [0.3, 0.4) is 0 Å². The molecule has 3 nitrogen and oxygen atoms in total. The SMILES string of the molecule is CCOC(=S)c1ccccc1C(=O)N(C)C. The van der Waals surface area contributed by atoms with Gasteiger partial charge in [-0.2, -0.15) is 0 Å². The molecule has 0 unspecified atom stereocenters. The van der Waals surface area contributed by atoms with Gasteiger partial charge in [0.2, 0.25) is 0 Å². The van der Waals surface area contributed by atoms with Crippen LogP contribution in [0, 0.1) is 0 Å². The second kappa shape index (κ2) is 5.61. The standard InChI is InChI=1S/C12H15NO2S/c1-4-15-12(16)10-8-6-5-7-9(10)11(14)13(2)3/h5-8H,4H2,1-3H3. The van der Waals surface area contributed by atoms with Crippen molar-refractivity contribution in [1.29, 1.82) is 0 Å². The van der Waals surface area contributed by atoms with Crippen molar-refractivity contribution in [2.45, 2.75) is 6.92 Å². The van der Waals surface area contributed by atoms with Gasteiger partial charge in [0.25, 0.3) is 5.91 Å². The molecule has 0 aliphatic carbocycles. The number of rotatable bonds is 3. The number of hydrogen-bond donors (Lipinski definition) is 0. The fourth-order valence-electron chi connectivity index (χ4n) is 1.30. The minimum Gasteiger partial charge on any atom is -0.483 e. The predicted octanol–water partition coefficient (Wildman–Crippen LogP) is 2.10. The Morgan fingerprint density at radius 1 is 1.31 bits per heavy atom. The van der Waals surface area contributed by atoms with Crippen LogP contribution in [0.5, 0.6) is 0 Å². The van der Waals surface area contributed by atoms with E-state index < -0.39 is 0 Å². The van der Waals surface area contributed by atoms with Crippen LogP contribution in [0.4, 0.5) is 0 Å². The number of nitrogens with zero attached hydrogens (tertiary/aromatic N) is 1. The topological polar surface area (TPSA) is 29.5 Å². The van der Waals surface area contributed by atoms with Crippen molar-refractivity contribution >= 4 is 23.2 Å². The van der Waals surface area contributed by atoms with Crippen LogP contribution >= 0.6 is 12.2 Å². The van der Waals surface area contributed by atoms with Crippen LogP contribution in [-0.2, 0) is 4.74 Å². The monoisotopic (exact) mass is 237 g/mol. The molecule has 1 aromatic rings. The summed E-state index contributed by atoms with van der Waals surface area (Å²) in [5.74, 6) is -0.0716. The maximum absolute atomic E-state index is 11.9. The molecule has 0 aliphatic heterocycles. The summed E-state index contributed by atoms with van der Waals surface area (Å²) in [5.41, 5.74) is 1.25. The number of benzene rings is 1. The summed E-state index contributed by atoms with van der Waals surface area (Å²) in [7, 11) is 3.42. The lowest BCUT2D eigenvalue weighted by Crippen LogP contribution is -2.24. The summed E-state index contributed by atoms with van der Waals surface area (Å²) >= 11 is 5.12. The Morgan fingerprint density at radius 3 is 2.38 bits per heavy atom. The van der Waals surface area contributed by atoms with E-state index >= 15 is 0 Å². The Labute approximate surface area is 101 Å². The highest BCUT2D eigenvalue weighted by Gasteiger charge is 2.15. The quantitative estimate of drug-likeness (QED) is 0.754. The molecule has 0 saturated heterocycles. The van der Waals surface area contributed by atoms with Crippen LogP contribution in [-0.4, -0.2) is 36.6 Å². The fraction of sp³-hybridized carbons (Fsp3) is 0.333. The van der Waals surface area contributed by atoms with Crippen molar-refractivity contribution < 1.29 is 9.53 Å². The van der Waals surface area contributed by atoms with E-state index in [9.17, 15) is 4.79 Å². The maximum Gasteiger partial charge on any atom is 0.254 e. The van der Waals surface area contributed by atoms with Crippen LogP contribution in [0.25, 0.3) is 0 Å². The Hall–Kier alpha value is -1.42. The highest BCUT2D eigenvalue weighted by Crippen LogP contribution is 2.12. The molecule has 0 aliphatic rings. The first-order valence-corrected chi connectivity index (χ1v) is 5.46. The third kappa shape index (κ3) is 2.79. The van der Waals surface area contributed by atoms with Gasteiger partial charge < -0.3 is 9.64 Å². The number of thiocarbonyl (C=S) groups is 1. The fourth-order valence-corrected chi connectivity index (χ4v) is 1.59. The first-order valence-electron chi connectivity index (χ1n) is 5.05. The Bertz CT molecular complexity index is 402. The molecule has 0 atom stereocenters. The van der Waals surface area contributed by atoms with Gasteiger partial charge in [-0.3, -0.25) is 4.79 Å². The van der Waals surface area contributed by atoms with Crippen molar-refractivity contribution in [1.82, 2.24) is 4.90 Å². The van der Waals surface area contributed by atoms with Crippen LogP contribution in [0.1, 0.15) is 22.8 Å². The van der Waals surface area contributed by atoms with Crippen molar-refractivity contribution in [3.63, 3.8) is 0 Å². The van der Waals surface area contributed by atoms with Crippen LogP contribution in [0.15, 0.2) is 24.3 Å². The summed E-state index contributed by atoms with van der Waals surface area (Å²) in [6.45, 7) is 2.37. The summed E-state index contributed by atoms with van der Waals surface area (Å²) in [5, 5.41) is 0.369. The minimum atomic E-state index is -0.0716. The average Bonchev–Trinajstić information content (AvgIpc) is 2.28. The van der Waals surface area contributed by atoms with Gasteiger partial charge in [-0.25, -0.2) is 0 Å². The number of amides is 1. The van der Waals surface area contributed by atoms with Crippen molar-refractivity contribution in [3.8, 4) is 0 Å². The lowest BCUT2D eigenvalue weighted by Gasteiger charge is -2.14. The maximum atomic E-state index is 11.9. The molecule has 1 amide bonds. The Morgan fingerprint density at radius 2 is 1.88 bits per heavy atom. The van der Waals surface area contributed by atoms with Crippen molar-refractivity contribution in [3.05, 3.63) is 35.4 Å². The van der Waals surface area contributed by atoms with E-state index in [2.05, 4.69) is 0 Å². The van der Waals surface area contributed by atoms with Gasteiger partial charge in [0.05, 0.1) is 12.2 Å². The van der Waals surface area contributed by atoms with Gasteiger partial charge >= 0.3 is 0 Å². The summed E-state index contributed by atoms with van der Waals surface area (Å²) in [6.07, 6.45) is 0. The number of ether oxygens (including phenoxy) is 1. The van der Waals surface area contributed by atoms with Gasteiger partial charge in [-0.05, 0) is 31.3 Å². The van der Waals surface area contributed by atoms with Gasteiger partial charge in [-0.1, -0.05) is 12.1 Å². The molecule has 16 heavy (non-hydrogen) atoms. The number of carbonyl (C=O) groups is 1. The summed E-state index contributed by atoms with van der Waals surface area (Å²) in [4.78, 5) is 13.4. The molecule has 86 valence electrons. The molecular formula is C12H15NO2S. The smallest absolute Gasteiger partial charge is 0.254 e. The molecule has 0 fully saturated rings. The molecule has 0 heterocycles. The third-order valence-electron chi connectivity index (χ3n) is 2.06. The molecule has 1 aromatic carbocycles. The number of carbonyl (C=O) groups excluding carboxylic acids is 1. The second-order valence-electron chi connectivity index (χ2n) is 3.47. The molecule has 0 aromatic heterocycles. The minimum absolute atomic E-state index is 0.0716. The van der Waals surface area contributed by atoms with E-state index in [0.717, 1.165) is 0 Å². The van der Waals surface area contributed by atoms with E-state index in [0.29, 0.717) is 22.8 Å². The highest BCUT2D eigenvalue weighted by molar-refractivity contribution is 7.80. The van der Waals surface area contributed by atoms with E-state index in [1.54, 1.807) is 26.2 Å². The van der Waals surface area contributed by atoms with E-state index in [4.69, 9.17) is 17.0 Å². The molecule has 0 saturated carbocycles. The van der Waals surface area contributed by atoms with Gasteiger partial charge in [0.15, 0.2) is 5.05 Å². The zero-order valence-corrected chi connectivity index (χ0v) is 10.5. The van der Waals surface area contributed by atoms with Crippen LogP contribution in [0.2, 0.25) is 0 Å². The van der Waals surface area contributed by atoms with Crippen molar-refractivity contribution in [2.24, 2.45) is 0 Å². The van der Waals surface area contributed by atoms with Crippen molar-refractivity contribution in [2.75, 3.05) is 20.7 Å². The zero-order chi connectivity index (χ0) is 12.1. The summed E-state index contributed by atoms with van der Waals surface area (Å²) < 4.78 is 5.26. The van der Waals surface area contributed by atoms with Gasteiger partial charge in [0.1, 0.15) is 0 Å². The molecule has 0 N–H and O–H groups in total. The molecule has 0 radical (unpaired) electrons. The predicted molar refractivity (Wildman–Crippen MR) is 67.8 cm³/mol. The molecular weight excluding hydrogens is 222 g/mol.